The number of aliphatic hydroxyl groups excluding tert-OH is 1. The second-order valence-electron chi connectivity index (χ2n) is 3.75. The molecular weight excluding hydrogens is 242 g/mol. The third-order valence-corrected chi connectivity index (χ3v) is 3.18. The number of methoxy groups -OCH3 is 1. The standard InChI is InChI=1S/C12H16ClNO3/c1-7-4-10(17-3)9(8(2)12(7)13)5-14-11(16)6-15/h4,15H,5-6H2,1-3H3,(H,14,16). The summed E-state index contributed by atoms with van der Waals surface area (Å²) in [4.78, 5) is 11.0. The van der Waals surface area contributed by atoms with Crippen LogP contribution in [0.2, 0.25) is 5.02 Å². The van der Waals surface area contributed by atoms with Crippen molar-refractivity contribution in [3.63, 3.8) is 0 Å². The summed E-state index contributed by atoms with van der Waals surface area (Å²) < 4.78 is 5.26. The van der Waals surface area contributed by atoms with Gasteiger partial charge in [0.2, 0.25) is 5.91 Å². The fourth-order valence-corrected chi connectivity index (χ4v) is 1.77. The number of aryl methyl sites for hydroxylation is 1. The maximum absolute atomic E-state index is 11.0. The fraction of sp³-hybridized carbons (Fsp3) is 0.417. The molecule has 0 aromatic heterocycles. The molecule has 1 rings (SSSR count). The van der Waals surface area contributed by atoms with E-state index in [4.69, 9.17) is 21.4 Å². The van der Waals surface area contributed by atoms with Crippen molar-refractivity contribution in [1.29, 1.82) is 0 Å². The molecular formula is C12H16ClNO3. The number of carbonyl (C=O) groups is 1. The van der Waals surface area contributed by atoms with Crippen LogP contribution in [0.4, 0.5) is 0 Å². The molecule has 94 valence electrons. The van der Waals surface area contributed by atoms with Gasteiger partial charge in [0.05, 0.1) is 7.11 Å². The first-order valence-corrected chi connectivity index (χ1v) is 5.59. The van der Waals surface area contributed by atoms with Crippen LogP contribution in [-0.4, -0.2) is 24.7 Å². The number of nitrogens with one attached hydrogen (secondary N) is 1. The van der Waals surface area contributed by atoms with Crippen LogP contribution in [0.15, 0.2) is 6.07 Å². The van der Waals surface area contributed by atoms with Crippen LogP contribution in [0, 0.1) is 13.8 Å². The Morgan fingerprint density at radius 3 is 2.71 bits per heavy atom. The number of hydrogen-bond donors (Lipinski definition) is 2. The Kier molecular flexibility index (Phi) is 4.78. The lowest BCUT2D eigenvalue weighted by Gasteiger charge is -2.15. The molecule has 0 aliphatic heterocycles. The quantitative estimate of drug-likeness (QED) is 0.861. The molecule has 0 spiro atoms. The molecule has 1 aromatic carbocycles. The predicted octanol–water partition coefficient (Wildman–Crippen LogP) is 1.57. The van der Waals surface area contributed by atoms with Crippen LogP contribution < -0.4 is 10.1 Å². The van der Waals surface area contributed by atoms with Gasteiger partial charge >= 0.3 is 0 Å². The van der Waals surface area contributed by atoms with E-state index in [9.17, 15) is 4.79 Å². The van der Waals surface area contributed by atoms with E-state index in [1.807, 2.05) is 19.9 Å². The summed E-state index contributed by atoms with van der Waals surface area (Å²) >= 11 is 6.14. The van der Waals surface area contributed by atoms with Crippen LogP contribution in [0.25, 0.3) is 0 Å². The Morgan fingerprint density at radius 2 is 2.18 bits per heavy atom. The summed E-state index contributed by atoms with van der Waals surface area (Å²) in [7, 11) is 1.57. The van der Waals surface area contributed by atoms with Gasteiger partial charge < -0.3 is 15.2 Å². The lowest BCUT2D eigenvalue weighted by atomic mass is 10.0. The SMILES string of the molecule is COc1cc(C)c(Cl)c(C)c1CNC(=O)CO. The molecule has 0 atom stereocenters. The first-order chi connectivity index (χ1) is 8.01. The Balaban J connectivity index is 3.04. The van der Waals surface area contributed by atoms with Crippen molar-refractivity contribution in [2.75, 3.05) is 13.7 Å². The van der Waals surface area contributed by atoms with E-state index in [1.54, 1.807) is 7.11 Å². The van der Waals surface area contributed by atoms with Crippen LogP contribution >= 0.6 is 11.6 Å². The highest BCUT2D eigenvalue weighted by Gasteiger charge is 2.13. The molecule has 0 fully saturated rings. The molecule has 4 nitrogen and oxygen atoms in total. The van der Waals surface area contributed by atoms with Crippen molar-refractivity contribution in [3.8, 4) is 5.75 Å². The summed E-state index contributed by atoms with van der Waals surface area (Å²) in [6.45, 7) is 3.53. The zero-order valence-electron chi connectivity index (χ0n) is 10.1. The molecule has 17 heavy (non-hydrogen) atoms. The number of amides is 1. The van der Waals surface area contributed by atoms with Gasteiger partial charge in [0.1, 0.15) is 12.4 Å². The van der Waals surface area contributed by atoms with E-state index in [-0.39, 0.29) is 6.54 Å². The number of aliphatic hydroxyl groups is 1. The first kappa shape index (κ1) is 13.8. The summed E-state index contributed by atoms with van der Waals surface area (Å²) in [5, 5.41) is 11.9. The lowest BCUT2D eigenvalue weighted by Crippen LogP contribution is -2.26. The minimum atomic E-state index is -0.527. The molecule has 0 aliphatic carbocycles. The highest BCUT2D eigenvalue weighted by molar-refractivity contribution is 6.32. The smallest absolute Gasteiger partial charge is 0.245 e. The molecule has 0 heterocycles. The molecule has 0 bridgehead atoms. The highest BCUT2D eigenvalue weighted by Crippen LogP contribution is 2.31. The third kappa shape index (κ3) is 3.11. The minimum Gasteiger partial charge on any atom is -0.496 e. The minimum absolute atomic E-state index is 0.286. The van der Waals surface area contributed by atoms with Gasteiger partial charge in [-0.15, -0.1) is 0 Å². The van der Waals surface area contributed by atoms with E-state index in [0.29, 0.717) is 10.8 Å². The summed E-state index contributed by atoms with van der Waals surface area (Å²) in [6, 6.07) is 1.83. The average molecular weight is 258 g/mol. The summed E-state index contributed by atoms with van der Waals surface area (Å²) in [6.07, 6.45) is 0. The van der Waals surface area contributed by atoms with Crippen LogP contribution in [0.5, 0.6) is 5.75 Å². The largest absolute Gasteiger partial charge is 0.496 e. The van der Waals surface area contributed by atoms with Crippen molar-refractivity contribution in [3.05, 3.63) is 27.8 Å². The Bertz CT molecular complexity index is 432. The molecule has 0 radical (unpaired) electrons. The number of ether oxygens (including phenoxy) is 1. The maximum atomic E-state index is 11.0. The fourth-order valence-electron chi connectivity index (χ4n) is 1.60. The Labute approximate surface area is 106 Å². The summed E-state index contributed by atoms with van der Waals surface area (Å²) in [5.74, 6) is 0.255. The van der Waals surface area contributed by atoms with Gasteiger partial charge in [0, 0.05) is 17.1 Å². The van der Waals surface area contributed by atoms with Crippen molar-refractivity contribution in [2.45, 2.75) is 20.4 Å². The second kappa shape index (κ2) is 5.89. The van der Waals surface area contributed by atoms with E-state index >= 15 is 0 Å². The molecule has 0 unspecified atom stereocenters. The average Bonchev–Trinajstić information content (AvgIpc) is 2.33. The van der Waals surface area contributed by atoms with Gasteiger partial charge in [-0.2, -0.15) is 0 Å². The Morgan fingerprint density at radius 1 is 1.53 bits per heavy atom. The van der Waals surface area contributed by atoms with Gasteiger partial charge in [0.15, 0.2) is 0 Å². The normalized spacial score (nSPS) is 10.2. The van der Waals surface area contributed by atoms with Gasteiger partial charge in [0.25, 0.3) is 0 Å². The van der Waals surface area contributed by atoms with Gasteiger partial charge in [-0.25, -0.2) is 0 Å². The van der Waals surface area contributed by atoms with Gasteiger partial charge in [-0.3, -0.25) is 4.79 Å². The lowest BCUT2D eigenvalue weighted by molar-refractivity contribution is -0.123. The van der Waals surface area contributed by atoms with E-state index in [0.717, 1.165) is 16.7 Å². The van der Waals surface area contributed by atoms with Gasteiger partial charge in [-0.1, -0.05) is 11.6 Å². The molecule has 0 aliphatic rings. The third-order valence-electron chi connectivity index (χ3n) is 2.60. The number of halogens is 1. The van der Waals surface area contributed by atoms with E-state index in [1.165, 1.54) is 0 Å². The van der Waals surface area contributed by atoms with E-state index in [2.05, 4.69) is 5.32 Å². The first-order valence-electron chi connectivity index (χ1n) is 5.21. The van der Waals surface area contributed by atoms with Crippen molar-refractivity contribution in [1.82, 2.24) is 5.32 Å². The number of hydrogen-bond acceptors (Lipinski definition) is 3. The predicted molar refractivity (Wildman–Crippen MR) is 66.4 cm³/mol. The zero-order chi connectivity index (χ0) is 13.0. The zero-order valence-corrected chi connectivity index (χ0v) is 10.9. The number of carbonyl (C=O) groups excluding carboxylic acids is 1. The monoisotopic (exact) mass is 257 g/mol. The molecule has 5 heteroatoms. The van der Waals surface area contributed by atoms with Crippen molar-refractivity contribution >= 4 is 17.5 Å². The van der Waals surface area contributed by atoms with Crippen LogP contribution in [-0.2, 0) is 11.3 Å². The highest BCUT2D eigenvalue weighted by atomic mass is 35.5. The Hall–Kier alpha value is -1.26. The van der Waals surface area contributed by atoms with Crippen LogP contribution in [0.1, 0.15) is 16.7 Å². The maximum Gasteiger partial charge on any atom is 0.245 e. The van der Waals surface area contributed by atoms with Crippen molar-refractivity contribution in [2.24, 2.45) is 0 Å². The van der Waals surface area contributed by atoms with Crippen molar-refractivity contribution < 1.29 is 14.6 Å². The summed E-state index contributed by atoms with van der Waals surface area (Å²) in [5.41, 5.74) is 2.63. The van der Waals surface area contributed by atoms with Gasteiger partial charge in [-0.05, 0) is 31.0 Å². The van der Waals surface area contributed by atoms with Crippen LogP contribution in [0.3, 0.4) is 0 Å². The second-order valence-corrected chi connectivity index (χ2v) is 4.13. The molecule has 0 saturated heterocycles. The number of rotatable bonds is 4. The topological polar surface area (TPSA) is 58.6 Å². The number of benzene rings is 1. The van der Waals surface area contributed by atoms with E-state index < -0.39 is 12.5 Å². The molecule has 1 amide bonds. The molecule has 2 N–H and O–H groups in total. The molecule has 1 aromatic rings. The molecule has 0 saturated carbocycles.